The fourth-order valence-electron chi connectivity index (χ4n) is 2.61. The largest absolute Gasteiger partial charge is 0.481 e. The van der Waals surface area contributed by atoms with Gasteiger partial charge in [-0.1, -0.05) is 0 Å². The summed E-state index contributed by atoms with van der Waals surface area (Å²) in [5.41, 5.74) is 2.31. The fourth-order valence-corrected chi connectivity index (χ4v) is 2.61. The molecular weight excluding hydrogens is 204 g/mol. The summed E-state index contributed by atoms with van der Waals surface area (Å²) in [5.74, 6) is -0.723. The minimum atomic E-state index is -0.723. The second kappa shape index (κ2) is 3.27. The summed E-state index contributed by atoms with van der Waals surface area (Å²) < 4.78 is 0. The summed E-state index contributed by atoms with van der Waals surface area (Å²) in [6, 6.07) is 0. The highest BCUT2D eigenvalue weighted by Crippen LogP contribution is 2.49. The number of nitrogens with zero attached hydrogens (tertiary/aromatic N) is 2. The van der Waals surface area contributed by atoms with Crippen molar-refractivity contribution in [3.8, 4) is 0 Å². The number of aromatic nitrogens is 2. The lowest BCUT2D eigenvalue weighted by Crippen LogP contribution is -2.25. The molecule has 0 spiro atoms. The number of hydrogen-bond donors (Lipinski definition) is 1. The van der Waals surface area contributed by atoms with Crippen LogP contribution in [0.4, 0.5) is 0 Å². The second-order valence-corrected chi connectivity index (χ2v) is 4.74. The summed E-state index contributed by atoms with van der Waals surface area (Å²) >= 11 is 0. The van der Waals surface area contributed by atoms with Crippen molar-refractivity contribution in [3.63, 3.8) is 0 Å². The molecule has 84 valence electrons. The van der Waals surface area contributed by atoms with Gasteiger partial charge in [-0.2, -0.15) is 0 Å². The molecule has 3 rings (SSSR count). The van der Waals surface area contributed by atoms with Gasteiger partial charge in [-0.25, -0.2) is 9.97 Å². The molecule has 0 amide bonds. The van der Waals surface area contributed by atoms with Crippen LogP contribution in [0.25, 0.3) is 0 Å². The third kappa shape index (κ3) is 1.25. The lowest BCUT2D eigenvalue weighted by atomic mass is 9.88. The van der Waals surface area contributed by atoms with Crippen molar-refractivity contribution >= 4 is 5.97 Å². The number of carboxylic acid groups (broad SMARTS) is 1. The van der Waals surface area contributed by atoms with Gasteiger partial charge in [0.15, 0.2) is 0 Å². The highest BCUT2D eigenvalue weighted by molar-refractivity contribution is 5.84. The molecule has 0 radical (unpaired) electrons. The van der Waals surface area contributed by atoms with E-state index in [1.54, 1.807) is 0 Å². The Morgan fingerprint density at radius 3 is 2.69 bits per heavy atom. The molecule has 1 heterocycles. The molecule has 1 N–H and O–H groups in total. The van der Waals surface area contributed by atoms with Crippen molar-refractivity contribution < 1.29 is 9.90 Å². The van der Waals surface area contributed by atoms with Gasteiger partial charge >= 0.3 is 5.97 Å². The normalized spacial score (nSPS) is 21.2. The van der Waals surface area contributed by atoms with E-state index in [4.69, 9.17) is 0 Å². The monoisotopic (exact) mass is 218 g/mol. The first-order valence-electron chi connectivity index (χ1n) is 5.81. The van der Waals surface area contributed by atoms with Crippen LogP contribution >= 0.6 is 0 Å². The summed E-state index contributed by atoms with van der Waals surface area (Å²) in [7, 11) is 0. The van der Waals surface area contributed by atoms with Crippen LogP contribution in [0.15, 0.2) is 6.33 Å². The van der Waals surface area contributed by atoms with E-state index in [9.17, 15) is 9.90 Å². The Morgan fingerprint density at radius 2 is 2.00 bits per heavy atom. The maximum atomic E-state index is 11.3. The zero-order valence-electron chi connectivity index (χ0n) is 9.07. The predicted octanol–water partition coefficient (Wildman–Crippen LogP) is 1.47. The van der Waals surface area contributed by atoms with Gasteiger partial charge in [0.25, 0.3) is 0 Å². The van der Waals surface area contributed by atoms with Crippen molar-refractivity contribution in [2.75, 3.05) is 0 Å². The third-order valence-electron chi connectivity index (χ3n) is 3.74. The Kier molecular flexibility index (Phi) is 1.99. The lowest BCUT2D eigenvalue weighted by Gasteiger charge is -2.20. The van der Waals surface area contributed by atoms with E-state index < -0.39 is 11.4 Å². The van der Waals surface area contributed by atoms with E-state index in [0.717, 1.165) is 55.5 Å². The van der Waals surface area contributed by atoms with Gasteiger partial charge < -0.3 is 5.11 Å². The molecule has 1 aromatic heterocycles. The van der Waals surface area contributed by atoms with Gasteiger partial charge in [-0.15, -0.1) is 0 Å². The van der Waals surface area contributed by atoms with Crippen molar-refractivity contribution in [1.82, 2.24) is 9.97 Å². The smallest absolute Gasteiger partial charge is 0.315 e. The number of carboxylic acids is 1. The molecule has 0 saturated heterocycles. The minimum Gasteiger partial charge on any atom is -0.481 e. The molecule has 0 aliphatic heterocycles. The number of aliphatic carboxylic acids is 1. The number of carbonyl (C=O) groups is 1. The van der Waals surface area contributed by atoms with Gasteiger partial charge in [-0.3, -0.25) is 4.79 Å². The molecule has 0 unspecified atom stereocenters. The van der Waals surface area contributed by atoms with E-state index in [1.165, 1.54) is 6.33 Å². The SMILES string of the molecule is O=C(O)C1(c2ncnc3c2CCCC3)CC1. The first-order chi connectivity index (χ1) is 7.74. The van der Waals surface area contributed by atoms with Crippen LogP contribution in [0.5, 0.6) is 0 Å². The molecular formula is C12H14N2O2. The van der Waals surface area contributed by atoms with Crippen LogP contribution in [-0.4, -0.2) is 21.0 Å². The molecule has 1 saturated carbocycles. The highest BCUT2D eigenvalue weighted by Gasteiger charge is 2.54. The van der Waals surface area contributed by atoms with E-state index in [0.29, 0.717) is 0 Å². The zero-order chi connectivity index (χ0) is 11.2. The highest BCUT2D eigenvalue weighted by atomic mass is 16.4. The van der Waals surface area contributed by atoms with Crippen molar-refractivity contribution in [3.05, 3.63) is 23.3 Å². The Balaban J connectivity index is 2.11. The molecule has 2 aliphatic carbocycles. The topological polar surface area (TPSA) is 63.1 Å². The molecule has 2 aliphatic rings. The Hall–Kier alpha value is -1.45. The van der Waals surface area contributed by atoms with Crippen LogP contribution < -0.4 is 0 Å². The van der Waals surface area contributed by atoms with Crippen LogP contribution in [-0.2, 0) is 23.1 Å². The number of hydrogen-bond acceptors (Lipinski definition) is 3. The van der Waals surface area contributed by atoms with Crippen molar-refractivity contribution in [2.45, 2.75) is 43.9 Å². The maximum absolute atomic E-state index is 11.3. The average Bonchev–Trinajstić information content (AvgIpc) is 3.09. The zero-order valence-corrected chi connectivity index (χ0v) is 9.07. The van der Waals surface area contributed by atoms with Gasteiger partial charge in [0.05, 0.1) is 5.69 Å². The van der Waals surface area contributed by atoms with E-state index in [-0.39, 0.29) is 0 Å². The van der Waals surface area contributed by atoms with E-state index >= 15 is 0 Å². The molecule has 1 aromatic rings. The summed E-state index contributed by atoms with van der Waals surface area (Å²) in [6.45, 7) is 0. The average molecular weight is 218 g/mol. The summed E-state index contributed by atoms with van der Waals surface area (Å²) in [4.78, 5) is 19.8. The van der Waals surface area contributed by atoms with E-state index in [2.05, 4.69) is 9.97 Å². The predicted molar refractivity (Wildman–Crippen MR) is 57.2 cm³/mol. The summed E-state index contributed by atoms with van der Waals surface area (Å²) in [5, 5.41) is 9.30. The van der Waals surface area contributed by atoms with Crippen LogP contribution in [0, 0.1) is 0 Å². The molecule has 0 aromatic carbocycles. The van der Waals surface area contributed by atoms with Gasteiger partial charge in [0, 0.05) is 5.69 Å². The Morgan fingerprint density at radius 1 is 1.25 bits per heavy atom. The number of aryl methyl sites for hydroxylation is 1. The molecule has 4 heteroatoms. The molecule has 4 nitrogen and oxygen atoms in total. The first kappa shape index (κ1) is 9.75. The quantitative estimate of drug-likeness (QED) is 0.816. The first-order valence-corrected chi connectivity index (χ1v) is 5.81. The summed E-state index contributed by atoms with van der Waals surface area (Å²) in [6.07, 6.45) is 7.19. The Labute approximate surface area is 93.7 Å². The maximum Gasteiger partial charge on any atom is 0.315 e. The standard InChI is InChI=1S/C12H14N2O2/c15-11(16)12(5-6-12)10-8-3-1-2-4-9(8)13-7-14-10/h7H,1-6H2,(H,15,16). The Bertz CT molecular complexity index is 452. The van der Waals surface area contributed by atoms with Gasteiger partial charge in [0.2, 0.25) is 0 Å². The number of fused-ring (bicyclic) bond motifs is 1. The van der Waals surface area contributed by atoms with Crippen LogP contribution in [0.1, 0.15) is 42.6 Å². The molecule has 0 atom stereocenters. The lowest BCUT2D eigenvalue weighted by molar-refractivity contribution is -0.140. The molecule has 16 heavy (non-hydrogen) atoms. The molecule has 0 bridgehead atoms. The van der Waals surface area contributed by atoms with Crippen LogP contribution in [0.2, 0.25) is 0 Å². The minimum absolute atomic E-state index is 0.676. The van der Waals surface area contributed by atoms with Gasteiger partial charge in [0.1, 0.15) is 11.7 Å². The van der Waals surface area contributed by atoms with E-state index in [1.807, 2.05) is 0 Å². The van der Waals surface area contributed by atoms with Gasteiger partial charge in [-0.05, 0) is 44.1 Å². The number of rotatable bonds is 2. The second-order valence-electron chi connectivity index (χ2n) is 4.74. The van der Waals surface area contributed by atoms with Crippen molar-refractivity contribution in [1.29, 1.82) is 0 Å². The van der Waals surface area contributed by atoms with Crippen molar-refractivity contribution in [2.24, 2.45) is 0 Å². The third-order valence-corrected chi connectivity index (χ3v) is 3.74. The fraction of sp³-hybridized carbons (Fsp3) is 0.583. The van der Waals surface area contributed by atoms with Crippen LogP contribution in [0.3, 0.4) is 0 Å². The molecule has 1 fully saturated rings.